The second kappa shape index (κ2) is 9.53. The van der Waals surface area contributed by atoms with E-state index in [1.807, 2.05) is 43.3 Å². The molecule has 5 rings (SSSR count). The average molecular weight is 541 g/mol. The van der Waals surface area contributed by atoms with E-state index in [2.05, 4.69) is 0 Å². The zero-order chi connectivity index (χ0) is 26.4. The van der Waals surface area contributed by atoms with Crippen LogP contribution in [0.3, 0.4) is 0 Å². The average Bonchev–Trinajstić information content (AvgIpc) is 3.45. The summed E-state index contributed by atoms with van der Waals surface area (Å²) in [4.78, 5) is 30.1. The highest BCUT2D eigenvalue weighted by Gasteiger charge is 2.47. The summed E-state index contributed by atoms with van der Waals surface area (Å²) in [6.07, 6.45) is 0. The van der Waals surface area contributed by atoms with E-state index in [-0.39, 0.29) is 33.7 Å². The van der Waals surface area contributed by atoms with Crippen molar-refractivity contribution in [3.05, 3.63) is 81.3 Å². The van der Waals surface area contributed by atoms with E-state index in [1.54, 1.807) is 18.2 Å². The number of anilines is 2. The summed E-state index contributed by atoms with van der Waals surface area (Å²) in [5.74, 6) is -0.830. The minimum absolute atomic E-state index is 0.0615. The van der Waals surface area contributed by atoms with Crippen molar-refractivity contribution in [2.24, 2.45) is 0 Å². The number of aliphatic hydroxyl groups is 1. The Labute approximate surface area is 223 Å². The number of carbonyl (C=O) groups excluding carboxylic acids is 2. The number of ether oxygens (including phenoxy) is 3. The number of methoxy groups -OCH3 is 1. The Bertz CT molecular complexity index is 1430. The second-order valence-corrected chi connectivity index (χ2v) is 9.48. The summed E-state index contributed by atoms with van der Waals surface area (Å²) in [5.41, 5.74) is 2.04. The lowest BCUT2D eigenvalue weighted by Gasteiger charge is -2.26. The third-order valence-corrected chi connectivity index (χ3v) is 6.84. The highest BCUT2D eigenvalue weighted by atomic mass is 35.5. The van der Waals surface area contributed by atoms with Crippen molar-refractivity contribution in [1.82, 2.24) is 0 Å². The fourth-order valence-corrected chi connectivity index (χ4v) is 5.09. The smallest absolute Gasteiger partial charge is 0.300 e. The van der Waals surface area contributed by atoms with Gasteiger partial charge in [-0.1, -0.05) is 35.3 Å². The molecule has 37 heavy (non-hydrogen) atoms. The summed E-state index contributed by atoms with van der Waals surface area (Å²) in [6, 6.07) is 14.3. The molecule has 3 aromatic carbocycles. The number of halogens is 2. The lowest BCUT2D eigenvalue weighted by atomic mass is 9.94. The number of fused-ring (bicyclic) bond motifs is 1. The SMILES string of the molecule is COc1c(Cl)cc(/C(O)=C2\C(=O)C(=O)N(c3ccc4c(c3)OCO4)C2c2ccc(N(C)C)cc2)cc1Cl. The fourth-order valence-electron chi connectivity index (χ4n) is 4.45. The van der Waals surface area contributed by atoms with Crippen LogP contribution in [0.25, 0.3) is 5.76 Å². The predicted molar refractivity (Wildman–Crippen MR) is 141 cm³/mol. The molecule has 2 heterocycles. The maximum absolute atomic E-state index is 13.4. The van der Waals surface area contributed by atoms with Crippen molar-refractivity contribution < 1.29 is 28.9 Å². The molecule has 8 nitrogen and oxygen atoms in total. The predicted octanol–water partition coefficient (Wildman–Crippen LogP) is 5.42. The lowest BCUT2D eigenvalue weighted by molar-refractivity contribution is -0.132. The highest BCUT2D eigenvalue weighted by Crippen LogP contribution is 2.46. The van der Waals surface area contributed by atoms with Gasteiger partial charge in [0.25, 0.3) is 11.7 Å². The Kier molecular flexibility index (Phi) is 6.39. The van der Waals surface area contributed by atoms with Gasteiger partial charge < -0.3 is 24.2 Å². The van der Waals surface area contributed by atoms with E-state index in [9.17, 15) is 14.7 Å². The summed E-state index contributed by atoms with van der Waals surface area (Å²) in [5, 5.41) is 11.7. The number of Topliss-reactive ketones (excluding diaryl/α,β-unsaturated/α-hetero) is 1. The molecule has 1 unspecified atom stereocenters. The van der Waals surface area contributed by atoms with Crippen molar-refractivity contribution in [2.45, 2.75) is 6.04 Å². The molecular weight excluding hydrogens is 519 g/mol. The molecule has 3 aromatic rings. The fraction of sp³-hybridized carbons (Fsp3) is 0.185. The second-order valence-electron chi connectivity index (χ2n) is 8.67. The maximum Gasteiger partial charge on any atom is 0.300 e. The van der Waals surface area contributed by atoms with Gasteiger partial charge in [-0.3, -0.25) is 14.5 Å². The standard InChI is InChI=1S/C27H22Cl2N2O6/c1-30(2)16-6-4-14(5-7-16)23-22(24(32)15-10-18(28)26(35-3)19(29)11-15)25(33)27(34)31(23)17-8-9-20-21(12-17)37-13-36-20/h4-12,23,32H,13H2,1-3H3/b24-22+. The van der Waals surface area contributed by atoms with Crippen molar-refractivity contribution in [3.63, 3.8) is 0 Å². The monoisotopic (exact) mass is 540 g/mol. The zero-order valence-corrected chi connectivity index (χ0v) is 21.6. The Morgan fingerprint density at radius 3 is 2.27 bits per heavy atom. The van der Waals surface area contributed by atoms with Gasteiger partial charge in [-0.15, -0.1) is 0 Å². The molecule has 0 aliphatic carbocycles. The number of carbonyl (C=O) groups is 2. The van der Waals surface area contributed by atoms with Crippen molar-refractivity contribution >= 4 is 52.0 Å². The van der Waals surface area contributed by atoms with E-state index < -0.39 is 23.5 Å². The Balaban J connectivity index is 1.70. The van der Waals surface area contributed by atoms with E-state index in [0.717, 1.165) is 5.69 Å². The molecule has 190 valence electrons. The molecule has 0 aromatic heterocycles. The normalized spacial score (nSPS) is 17.9. The number of amides is 1. The molecule has 10 heteroatoms. The first-order valence-electron chi connectivity index (χ1n) is 11.2. The van der Waals surface area contributed by atoms with E-state index in [1.165, 1.54) is 24.1 Å². The van der Waals surface area contributed by atoms with Gasteiger partial charge in [0.1, 0.15) is 5.76 Å². The molecular formula is C27H22Cl2N2O6. The molecule has 2 aliphatic rings. The topological polar surface area (TPSA) is 88.5 Å². The first-order valence-corrected chi connectivity index (χ1v) is 12.0. The third-order valence-electron chi connectivity index (χ3n) is 6.28. The van der Waals surface area contributed by atoms with Gasteiger partial charge in [-0.2, -0.15) is 0 Å². The Hall–Kier alpha value is -3.88. The molecule has 1 fully saturated rings. The van der Waals surface area contributed by atoms with Gasteiger partial charge in [-0.25, -0.2) is 0 Å². The summed E-state index contributed by atoms with van der Waals surface area (Å²) < 4.78 is 16.1. The minimum Gasteiger partial charge on any atom is -0.507 e. The van der Waals surface area contributed by atoms with Gasteiger partial charge >= 0.3 is 0 Å². The number of nitrogens with zero attached hydrogens (tertiary/aromatic N) is 2. The Morgan fingerprint density at radius 1 is 1.00 bits per heavy atom. The molecule has 1 amide bonds. The van der Waals surface area contributed by atoms with Gasteiger partial charge in [0.15, 0.2) is 17.2 Å². The van der Waals surface area contributed by atoms with E-state index in [4.69, 9.17) is 37.4 Å². The van der Waals surface area contributed by atoms with Crippen LogP contribution in [0, 0.1) is 0 Å². The molecule has 2 aliphatic heterocycles. The first kappa shape index (κ1) is 24.8. The summed E-state index contributed by atoms with van der Waals surface area (Å²) in [6.45, 7) is 0.0615. The first-order chi connectivity index (χ1) is 17.7. The van der Waals surface area contributed by atoms with Crippen LogP contribution in [0.5, 0.6) is 17.2 Å². The largest absolute Gasteiger partial charge is 0.507 e. The highest BCUT2D eigenvalue weighted by molar-refractivity contribution is 6.51. The van der Waals surface area contributed by atoms with Gasteiger partial charge in [0, 0.05) is 37.1 Å². The molecule has 1 saturated heterocycles. The van der Waals surface area contributed by atoms with Crippen LogP contribution in [0.1, 0.15) is 17.2 Å². The number of ketones is 1. The number of benzene rings is 3. The summed E-state index contributed by atoms with van der Waals surface area (Å²) in [7, 11) is 5.23. The minimum atomic E-state index is -0.934. The van der Waals surface area contributed by atoms with Crippen LogP contribution in [0.4, 0.5) is 11.4 Å². The molecule has 0 saturated carbocycles. The Morgan fingerprint density at radius 2 is 1.65 bits per heavy atom. The van der Waals surface area contributed by atoms with Crippen LogP contribution in [-0.2, 0) is 9.59 Å². The van der Waals surface area contributed by atoms with Crippen molar-refractivity contribution in [3.8, 4) is 17.2 Å². The van der Waals surface area contributed by atoms with Gasteiger partial charge in [-0.05, 0) is 42.0 Å². The van der Waals surface area contributed by atoms with E-state index >= 15 is 0 Å². The van der Waals surface area contributed by atoms with Crippen LogP contribution < -0.4 is 24.0 Å². The van der Waals surface area contributed by atoms with Crippen LogP contribution in [0.2, 0.25) is 10.0 Å². The van der Waals surface area contributed by atoms with Crippen LogP contribution >= 0.6 is 23.2 Å². The van der Waals surface area contributed by atoms with Crippen molar-refractivity contribution in [1.29, 1.82) is 0 Å². The van der Waals surface area contributed by atoms with E-state index in [0.29, 0.717) is 22.7 Å². The summed E-state index contributed by atoms with van der Waals surface area (Å²) >= 11 is 12.6. The molecule has 1 N–H and O–H groups in total. The molecule has 1 atom stereocenters. The molecule has 0 radical (unpaired) electrons. The molecule has 0 spiro atoms. The number of aliphatic hydroxyl groups excluding tert-OH is 1. The third kappa shape index (κ3) is 4.22. The quantitative estimate of drug-likeness (QED) is 0.262. The van der Waals surface area contributed by atoms with Crippen molar-refractivity contribution in [2.75, 3.05) is 37.8 Å². The zero-order valence-electron chi connectivity index (χ0n) is 20.1. The number of hydrogen-bond acceptors (Lipinski definition) is 7. The van der Waals surface area contributed by atoms with Gasteiger partial charge in [0.2, 0.25) is 6.79 Å². The lowest BCUT2D eigenvalue weighted by Crippen LogP contribution is -2.29. The number of rotatable bonds is 5. The molecule has 0 bridgehead atoms. The maximum atomic E-state index is 13.4. The van der Waals surface area contributed by atoms with Gasteiger partial charge in [0.05, 0.1) is 28.8 Å². The van der Waals surface area contributed by atoms with Crippen LogP contribution in [0.15, 0.2) is 60.2 Å². The van der Waals surface area contributed by atoms with Crippen LogP contribution in [-0.4, -0.2) is 44.8 Å². The number of hydrogen-bond donors (Lipinski definition) is 1.